The molecular weight excluding hydrogens is 238 g/mol. The Labute approximate surface area is 113 Å². The van der Waals surface area contributed by atoms with Crippen LogP contribution in [0, 0.1) is 6.92 Å². The van der Waals surface area contributed by atoms with Crippen molar-refractivity contribution < 1.29 is 4.74 Å². The quantitative estimate of drug-likeness (QED) is 0.781. The van der Waals surface area contributed by atoms with Crippen molar-refractivity contribution in [2.24, 2.45) is 0 Å². The van der Waals surface area contributed by atoms with Gasteiger partial charge in [-0.05, 0) is 36.8 Å². The molecule has 0 amide bonds. The lowest BCUT2D eigenvalue weighted by Gasteiger charge is -2.09. The Hall–Kier alpha value is -2.23. The summed E-state index contributed by atoms with van der Waals surface area (Å²) in [6.45, 7) is 3.38. The highest BCUT2D eigenvalue weighted by Crippen LogP contribution is 2.12. The normalized spacial score (nSPS) is 10.0. The second-order valence-electron chi connectivity index (χ2n) is 4.25. The SMILES string of the molecule is CNc1cccc(NCCOc2cccc(C)c2)n1. The van der Waals surface area contributed by atoms with E-state index in [9.17, 15) is 0 Å². The Morgan fingerprint density at radius 1 is 1.11 bits per heavy atom. The lowest BCUT2D eigenvalue weighted by Crippen LogP contribution is -2.12. The van der Waals surface area contributed by atoms with E-state index < -0.39 is 0 Å². The highest BCUT2D eigenvalue weighted by atomic mass is 16.5. The standard InChI is InChI=1S/C15H19N3O/c1-12-5-3-6-13(11-12)19-10-9-17-15-8-4-7-14(16-2)18-15/h3-8,11H,9-10H2,1-2H3,(H2,16,17,18). The number of rotatable bonds is 6. The number of nitrogens with one attached hydrogen (secondary N) is 2. The molecule has 1 aromatic heterocycles. The van der Waals surface area contributed by atoms with Crippen molar-refractivity contribution >= 4 is 11.6 Å². The molecular formula is C15H19N3O. The maximum atomic E-state index is 5.66. The maximum absolute atomic E-state index is 5.66. The Bertz CT molecular complexity index is 528. The molecule has 0 aliphatic heterocycles. The summed E-state index contributed by atoms with van der Waals surface area (Å²) in [5.74, 6) is 2.60. The van der Waals surface area contributed by atoms with E-state index >= 15 is 0 Å². The third-order valence-corrected chi connectivity index (χ3v) is 2.67. The fourth-order valence-electron chi connectivity index (χ4n) is 1.73. The number of pyridine rings is 1. The van der Waals surface area contributed by atoms with Gasteiger partial charge in [0.2, 0.25) is 0 Å². The van der Waals surface area contributed by atoms with E-state index in [-0.39, 0.29) is 0 Å². The first kappa shape index (κ1) is 13.2. The molecule has 2 aromatic rings. The zero-order valence-corrected chi connectivity index (χ0v) is 11.3. The van der Waals surface area contributed by atoms with Crippen molar-refractivity contribution in [1.82, 2.24) is 4.98 Å². The monoisotopic (exact) mass is 257 g/mol. The molecule has 0 bridgehead atoms. The number of benzene rings is 1. The molecule has 0 radical (unpaired) electrons. The van der Waals surface area contributed by atoms with E-state index in [1.54, 1.807) is 0 Å². The van der Waals surface area contributed by atoms with Crippen molar-refractivity contribution in [3.8, 4) is 5.75 Å². The zero-order chi connectivity index (χ0) is 13.5. The van der Waals surface area contributed by atoms with E-state index in [0.29, 0.717) is 13.2 Å². The predicted octanol–water partition coefficient (Wildman–Crippen LogP) is 2.92. The van der Waals surface area contributed by atoms with Crippen molar-refractivity contribution in [2.45, 2.75) is 6.92 Å². The second kappa shape index (κ2) is 6.64. The third-order valence-electron chi connectivity index (χ3n) is 2.67. The van der Waals surface area contributed by atoms with E-state index in [0.717, 1.165) is 17.4 Å². The van der Waals surface area contributed by atoms with Crippen LogP contribution in [0.1, 0.15) is 5.56 Å². The van der Waals surface area contributed by atoms with Crippen LogP contribution in [0.3, 0.4) is 0 Å². The molecule has 0 fully saturated rings. The molecule has 0 aliphatic carbocycles. The third kappa shape index (κ3) is 4.17. The first-order chi connectivity index (χ1) is 9.28. The van der Waals surface area contributed by atoms with Gasteiger partial charge in [0.05, 0.1) is 6.54 Å². The number of ether oxygens (including phenoxy) is 1. The molecule has 1 aromatic carbocycles. The molecule has 4 heteroatoms. The van der Waals surface area contributed by atoms with Gasteiger partial charge >= 0.3 is 0 Å². The molecule has 19 heavy (non-hydrogen) atoms. The number of aryl methyl sites for hydroxylation is 1. The van der Waals surface area contributed by atoms with Crippen molar-refractivity contribution in [3.05, 3.63) is 48.0 Å². The van der Waals surface area contributed by atoms with Gasteiger partial charge in [0.1, 0.15) is 24.0 Å². The van der Waals surface area contributed by atoms with E-state index in [4.69, 9.17) is 4.74 Å². The van der Waals surface area contributed by atoms with Crippen LogP contribution in [0.25, 0.3) is 0 Å². The largest absolute Gasteiger partial charge is 0.492 e. The molecule has 0 atom stereocenters. The lowest BCUT2D eigenvalue weighted by atomic mass is 10.2. The Balaban J connectivity index is 1.77. The molecule has 2 rings (SSSR count). The summed E-state index contributed by atoms with van der Waals surface area (Å²) in [4.78, 5) is 4.37. The first-order valence-electron chi connectivity index (χ1n) is 6.36. The van der Waals surface area contributed by atoms with Crippen LogP contribution in [0.2, 0.25) is 0 Å². The fraction of sp³-hybridized carbons (Fsp3) is 0.267. The minimum Gasteiger partial charge on any atom is -0.492 e. The molecule has 0 unspecified atom stereocenters. The number of anilines is 2. The summed E-state index contributed by atoms with van der Waals surface area (Å²) in [5, 5.41) is 6.24. The topological polar surface area (TPSA) is 46.2 Å². The van der Waals surface area contributed by atoms with Gasteiger partial charge in [0.15, 0.2) is 0 Å². The lowest BCUT2D eigenvalue weighted by molar-refractivity contribution is 0.332. The summed E-state index contributed by atoms with van der Waals surface area (Å²) in [6, 6.07) is 13.9. The van der Waals surface area contributed by atoms with Crippen molar-refractivity contribution in [1.29, 1.82) is 0 Å². The van der Waals surface area contributed by atoms with Gasteiger partial charge < -0.3 is 15.4 Å². The highest BCUT2D eigenvalue weighted by Gasteiger charge is 1.96. The predicted molar refractivity (Wildman–Crippen MR) is 78.9 cm³/mol. The van der Waals surface area contributed by atoms with Gasteiger partial charge in [0, 0.05) is 7.05 Å². The highest BCUT2D eigenvalue weighted by molar-refractivity contribution is 5.44. The average molecular weight is 257 g/mol. The Morgan fingerprint density at radius 3 is 2.68 bits per heavy atom. The molecule has 2 N–H and O–H groups in total. The van der Waals surface area contributed by atoms with Crippen LogP contribution in [-0.2, 0) is 0 Å². The second-order valence-corrected chi connectivity index (χ2v) is 4.25. The van der Waals surface area contributed by atoms with Crippen LogP contribution in [0.15, 0.2) is 42.5 Å². The van der Waals surface area contributed by atoms with E-state index in [2.05, 4.69) is 28.6 Å². The maximum Gasteiger partial charge on any atom is 0.128 e. The smallest absolute Gasteiger partial charge is 0.128 e. The average Bonchev–Trinajstić information content (AvgIpc) is 2.44. The fourth-order valence-corrected chi connectivity index (χ4v) is 1.73. The minimum atomic E-state index is 0.606. The Morgan fingerprint density at radius 2 is 1.89 bits per heavy atom. The van der Waals surface area contributed by atoms with Crippen LogP contribution in [-0.4, -0.2) is 25.2 Å². The summed E-state index contributed by atoms with van der Waals surface area (Å²) in [7, 11) is 1.85. The summed E-state index contributed by atoms with van der Waals surface area (Å²) < 4.78 is 5.66. The summed E-state index contributed by atoms with van der Waals surface area (Å²) in [5.41, 5.74) is 1.20. The first-order valence-corrected chi connectivity index (χ1v) is 6.36. The number of nitrogens with zero attached hydrogens (tertiary/aromatic N) is 1. The van der Waals surface area contributed by atoms with E-state index in [1.807, 2.05) is 43.4 Å². The van der Waals surface area contributed by atoms with E-state index in [1.165, 1.54) is 5.56 Å². The van der Waals surface area contributed by atoms with Crippen LogP contribution in [0.5, 0.6) is 5.75 Å². The minimum absolute atomic E-state index is 0.606. The van der Waals surface area contributed by atoms with Crippen molar-refractivity contribution in [3.63, 3.8) is 0 Å². The molecule has 100 valence electrons. The summed E-state index contributed by atoms with van der Waals surface area (Å²) >= 11 is 0. The van der Waals surface area contributed by atoms with Crippen LogP contribution >= 0.6 is 0 Å². The van der Waals surface area contributed by atoms with Crippen molar-refractivity contribution in [2.75, 3.05) is 30.8 Å². The molecule has 4 nitrogen and oxygen atoms in total. The summed E-state index contributed by atoms with van der Waals surface area (Å²) in [6.07, 6.45) is 0. The zero-order valence-electron chi connectivity index (χ0n) is 11.3. The van der Waals surface area contributed by atoms with Gasteiger partial charge in [-0.2, -0.15) is 0 Å². The van der Waals surface area contributed by atoms with Crippen LogP contribution < -0.4 is 15.4 Å². The number of hydrogen-bond donors (Lipinski definition) is 2. The molecule has 0 saturated carbocycles. The Kier molecular flexibility index (Phi) is 4.61. The number of aromatic nitrogens is 1. The van der Waals surface area contributed by atoms with Gasteiger partial charge in [-0.1, -0.05) is 18.2 Å². The van der Waals surface area contributed by atoms with Crippen LogP contribution in [0.4, 0.5) is 11.6 Å². The van der Waals surface area contributed by atoms with Gasteiger partial charge in [-0.15, -0.1) is 0 Å². The number of hydrogen-bond acceptors (Lipinski definition) is 4. The van der Waals surface area contributed by atoms with Gasteiger partial charge in [0.25, 0.3) is 0 Å². The van der Waals surface area contributed by atoms with Gasteiger partial charge in [-0.25, -0.2) is 4.98 Å². The molecule has 0 aliphatic rings. The molecule has 0 saturated heterocycles. The van der Waals surface area contributed by atoms with Gasteiger partial charge in [-0.3, -0.25) is 0 Å². The molecule has 1 heterocycles. The molecule has 0 spiro atoms.